The van der Waals surface area contributed by atoms with Crippen molar-refractivity contribution in [3.05, 3.63) is 21.3 Å². The Morgan fingerprint density at radius 2 is 2.16 bits per heavy atom. The molecule has 1 aromatic heterocycles. The summed E-state index contributed by atoms with van der Waals surface area (Å²) in [5.74, 6) is 1.94. The molecule has 3 nitrogen and oxygen atoms in total. The number of thiophene rings is 1. The Morgan fingerprint density at radius 1 is 1.42 bits per heavy atom. The number of aryl methyl sites for hydroxylation is 1. The third-order valence-corrected chi connectivity index (χ3v) is 5.54. The molecule has 0 aliphatic carbocycles. The van der Waals surface area contributed by atoms with Crippen LogP contribution in [0.4, 0.5) is 0 Å². The Kier molecular flexibility index (Phi) is 5.57. The largest absolute Gasteiger partial charge is 0.388 e. The van der Waals surface area contributed by atoms with Gasteiger partial charge in [0.05, 0.1) is 9.94 Å². The van der Waals surface area contributed by atoms with Crippen LogP contribution in [0, 0.1) is 0 Å². The third kappa shape index (κ3) is 4.99. The topological polar surface area (TPSA) is 49.3 Å². The minimum Gasteiger partial charge on any atom is -0.388 e. The van der Waals surface area contributed by atoms with Crippen LogP contribution in [-0.2, 0) is 11.2 Å². The van der Waals surface area contributed by atoms with Crippen LogP contribution >= 0.6 is 34.7 Å². The highest BCUT2D eigenvalue weighted by Crippen LogP contribution is 2.26. The van der Waals surface area contributed by atoms with E-state index in [0.717, 1.165) is 33.6 Å². The molecule has 1 fully saturated rings. The molecule has 1 saturated heterocycles. The summed E-state index contributed by atoms with van der Waals surface area (Å²) in [5.41, 5.74) is -0.701. The van der Waals surface area contributed by atoms with Crippen LogP contribution in [0.2, 0.25) is 4.34 Å². The Balaban J connectivity index is 1.69. The van der Waals surface area contributed by atoms with Crippen molar-refractivity contribution in [3.63, 3.8) is 0 Å². The number of hydrogen-bond acceptors (Lipinski definition) is 4. The maximum atomic E-state index is 11.8. The van der Waals surface area contributed by atoms with Gasteiger partial charge in [0, 0.05) is 17.8 Å². The summed E-state index contributed by atoms with van der Waals surface area (Å²) in [4.78, 5) is 12.9. The number of nitrogens with one attached hydrogen (secondary N) is 1. The molecule has 2 N–H and O–H groups in total. The third-order valence-electron chi connectivity index (χ3n) is 3.27. The van der Waals surface area contributed by atoms with Gasteiger partial charge in [0.15, 0.2) is 0 Å². The molecule has 0 radical (unpaired) electrons. The molecular weight excluding hydrogens is 302 g/mol. The quantitative estimate of drug-likeness (QED) is 0.877. The molecule has 1 aliphatic heterocycles. The molecule has 0 bridgehead atoms. The van der Waals surface area contributed by atoms with Crippen molar-refractivity contribution in [2.45, 2.75) is 31.3 Å². The fourth-order valence-electron chi connectivity index (χ4n) is 2.00. The zero-order valence-electron chi connectivity index (χ0n) is 10.7. The van der Waals surface area contributed by atoms with E-state index in [4.69, 9.17) is 11.6 Å². The van der Waals surface area contributed by atoms with E-state index in [-0.39, 0.29) is 5.91 Å². The Hall–Kier alpha value is -0.230. The van der Waals surface area contributed by atoms with Crippen molar-refractivity contribution in [1.82, 2.24) is 5.32 Å². The maximum Gasteiger partial charge on any atom is 0.220 e. The highest BCUT2D eigenvalue weighted by Gasteiger charge is 2.29. The van der Waals surface area contributed by atoms with Gasteiger partial charge in [-0.25, -0.2) is 0 Å². The molecule has 1 aliphatic rings. The average molecular weight is 320 g/mol. The van der Waals surface area contributed by atoms with E-state index in [9.17, 15) is 9.90 Å². The van der Waals surface area contributed by atoms with Gasteiger partial charge in [-0.1, -0.05) is 11.6 Å². The Morgan fingerprint density at radius 3 is 2.79 bits per heavy atom. The van der Waals surface area contributed by atoms with Gasteiger partial charge >= 0.3 is 0 Å². The van der Waals surface area contributed by atoms with Crippen molar-refractivity contribution < 1.29 is 9.90 Å². The van der Waals surface area contributed by atoms with Gasteiger partial charge in [-0.2, -0.15) is 11.8 Å². The van der Waals surface area contributed by atoms with E-state index in [2.05, 4.69) is 5.32 Å². The van der Waals surface area contributed by atoms with E-state index in [1.54, 1.807) is 0 Å². The van der Waals surface area contributed by atoms with Gasteiger partial charge in [-0.15, -0.1) is 11.3 Å². The second kappa shape index (κ2) is 6.97. The molecule has 2 heterocycles. The SMILES string of the molecule is O=C(CCc1ccc(Cl)s1)NCC1(O)CCSCC1. The summed E-state index contributed by atoms with van der Waals surface area (Å²) in [7, 11) is 0. The molecule has 0 aromatic carbocycles. The van der Waals surface area contributed by atoms with Gasteiger partial charge in [0.1, 0.15) is 0 Å². The number of aliphatic hydroxyl groups is 1. The van der Waals surface area contributed by atoms with Crippen LogP contribution in [-0.4, -0.2) is 34.7 Å². The summed E-state index contributed by atoms with van der Waals surface area (Å²) in [5, 5.41) is 13.1. The zero-order chi connectivity index (χ0) is 13.7. The van der Waals surface area contributed by atoms with E-state index in [1.807, 2.05) is 23.9 Å². The van der Waals surface area contributed by atoms with E-state index in [0.29, 0.717) is 19.4 Å². The molecule has 0 saturated carbocycles. The lowest BCUT2D eigenvalue weighted by Crippen LogP contribution is -2.45. The molecule has 1 aromatic rings. The Labute approximate surface area is 126 Å². The molecule has 0 unspecified atom stereocenters. The summed E-state index contributed by atoms with van der Waals surface area (Å²) in [6.45, 7) is 0.373. The smallest absolute Gasteiger partial charge is 0.220 e. The number of carbonyl (C=O) groups excluding carboxylic acids is 1. The van der Waals surface area contributed by atoms with Crippen LogP contribution in [0.5, 0.6) is 0 Å². The van der Waals surface area contributed by atoms with Gasteiger partial charge in [0.2, 0.25) is 5.91 Å². The second-order valence-electron chi connectivity index (χ2n) is 4.82. The number of hydrogen-bond donors (Lipinski definition) is 2. The van der Waals surface area contributed by atoms with Gasteiger partial charge in [0.25, 0.3) is 0 Å². The lowest BCUT2D eigenvalue weighted by atomic mass is 9.97. The molecule has 1 amide bonds. The summed E-state index contributed by atoms with van der Waals surface area (Å²) >= 11 is 9.21. The fourth-order valence-corrected chi connectivity index (χ4v) is 4.34. The van der Waals surface area contributed by atoms with Crippen LogP contribution in [0.3, 0.4) is 0 Å². The Bertz CT molecular complexity index is 430. The molecule has 6 heteroatoms. The lowest BCUT2D eigenvalue weighted by molar-refractivity contribution is -0.122. The molecule has 106 valence electrons. The normalized spacial score (nSPS) is 18.2. The standard InChI is InChI=1S/C13H18ClNO2S2/c14-11-3-1-10(19-11)2-4-12(16)15-9-13(17)5-7-18-8-6-13/h1,3,17H,2,4-9H2,(H,15,16). The predicted molar refractivity (Wildman–Crippen MR) is 82.2 cm³/mol. The van der Waals surface area contributed by atoms with Crippen molar-refractivity contribution in [1.29, 1.82) is 0 Å². The molecule has 19 heavy (non-hydrogen) atoms. The van der Waals surface area contributed by atoms with Crippen LogP contribution in [0.25, 0.3) is 0 Å². The number of halogens is 1. The highest BCUT2D eigenvalue weighted by atomic mass is 35.5. The van der Waals surface area contributed by atoms with Crippen molar-refractivity contribution >= 4 is 40.6 Å². The molecule has 0 spiro atoms. The predicted octanol–water partition coefficient (Wildman–Crippen LogP) is 2.71. The first-order valence-electron chi connectivity index (χ1n) is 6.38. The van der Waals surface area contributed by atoms with Gasteiger partial charge < -0.3 is 10.4 Å². The fraction of sp³-hybridized carbons (Fsp3) is 0.615. The van der Waals surface area contributed by atoms with Gasteiger partial charge in [-0.3, -0.25) is 4.79 Å². The number of carbonyl (C=O) groups is 1. The molecule has 0 atom stereocenters. The first-order valence-corrected chi connectivity index (χ1v) is 8.73. The van der Waals surface area contributed by atoms with Crippen molar-refractivity contribution in [3.8, 4) is 0 Å². The van der Waals surface area contributed by atoms with Gasteiger partial charge in [-0.05, 0) is 42.9 Å². The van der Waals surface area contributed by atoms with Crippen LogP contribution in [0.15, 0.2) is 12.1 Å². The van der Waals surface area contributed by atoms with Crippen LogP contribution < -0.4 is 5.32 Å². The summed E-state index contributed by atoms with van der Waals surface area (Å²) in [6.07, 6.45) is 2.68. The minimum absolute atomic E-state index is 0.00354. The summed E-state index contributed by atoms with van der Waals surface area (Å²) in [6, 6.07) is 3.80. The highest BCUT2D eigenvalue weighted by molar-refractivity contribution is 7.99. The molecule has 2 rings (SSSR count). The van der Waals surface area contributed by atoms with Crippen LogP contribution in [0.1, 0.15) is 24.1 Å². The zero-order valence-corrected chi connectivity index (χ0v) is 13.0. The summed E-state index contributed by atoms with van der Waals surface area (Å²) < 4.78 is 0.754. The average Bonchev–Trinajstić information content (AvgIpc) is 2.81. The number of rotatable bonds is 5. The number of amides is 1. The minimum atomic E-state index is -0.701. The van der Waals surface area contributed by atoms with Crippen molar-refractivity contribution in [2.75, 3.05) is 18.1 Å². The van der Waals surface area contributed by atoms with Crippen molar-refractivity contribution in [2.24, 2.45) is 0 Å². The maximum absolute atomic E-state index is 11.8. The van der Waals surface area contributed by atoms with E-state index in [1.165, 1.54) is 11.3 Å². The number of thioether (sulfide) groups is 1. The monoisotopic (exact) mass is 319 g/mol. The molecular formula is C13H18ClNO2S2. The van der Waals surface area contributed by atoms with E-state index >= 15 is 0 Å². The lowest BCUT2D eigenvalue weighted by Gasteiger charge is -2.31. The van der Waals surface area contributed by atoms with E-state index < -0.39 is 5.60 Å². The second-order valence-corrected chi connectivity index (χ2v) is 7.84. The first kappa shape index (κ1) is 15.2. The first-order chi connectivity index (χ1) is 9.07.